The van der Waals surface area contributed by atoms with Crippen molar-refractivity contribution in [2.24, 2.45) is 5.73 Å². The third kappa shape index (κ3) is 2.90. The average Bonchev–Trinajstić information content (AvgIpc) is 1.92. The maximum absolute atomic E-state index is 10.5. The first-order valence-corrected chi connectivity index (χ1v) is 4.09. The summed E-state index contributed by atoms with van der Waals surface area (Å²) >= 11 is 0. The van der Waals surface area contributed by atoms with Crippen LogP contribution in [-0.4, -0.2) is 47.7 Å². The molecule has 2 amide bonds. The van der Waals surface area contributed by atoms with E-state index in [1.165, 1.54) is 4.90 Å². The molecule has 74 valence electrons. The third-order valence-electron chi connectivity index (χ3n) is 1.97. The Morgan fingerprint density at radius 1 is 1.54 bits per heavy atom. The SMILES string of the molecule is NC(=O)N1CC(NCCC(=O)O)C1. The number of nitrogens with zero attached hydrogens (tertiary/aromatic N) is 1. The second-order valence-corrected chi connectivity index (χ2v) is 3.04. The van der Waals surface area contributed by atoms with E-state index in [1.54, 1.807) is 0 Å². The molecule has 13 heavy (non-hydrogen) atoms. The number of urea groups is 1. The molecule has 0 radical (unpaired) electrons. The van der Waals surface area contributed by atoms with Crippen molar-refractivity contribution >= 4 is 12.0 Å². The summed E-state index contributed by atoms with van der Waals surface area (Å²) in [5, 5.41) is 11.3. The van der Waals surface area contributed by atoms with Crippen LogP contribution in [-0.2, 0) is 4.79 Å². The van der Waals surface area contributed by atoms with Gasteiger partial charge in [0.25, 0.3) is 0 Å². The fourth-order valence-electron chi connectivity index (χ4n) is 1.17. The molecule has 0 aliphatic carbocycles. The first-order valence-electron chi connectivity index (χ1n) is 4.09. The van der Waals surface area contributed by atoms with Crippen molar-refractivity contribution in [2.45, 2.75) is 12.5 Å². The van der Waals surface area contributed by atoms with Crippen LogP contribution in [0, 0.1) is 0 Å². The third-order valence-corrected chi connectivity index (χ3v) is 1.97. The Morgan fingerprint density at radius 2 is 2.15 bits per heavy atom. The van der Waals surface area contributed by atoms with Crippen molar-refractivity contribution in [3.63, 3.8) is 0 Å². The zero-order valence-corrected chi connectivity index (χ0v) is 7.19. The number of nitrogens with one attached hydrogen (secondary N) is 1. The molecule has 1 fully saturated rings. The highest BCUT2D eigenvalue weighted by molar-refractivity contribution is 5.73. The smallest absolute Gasteiger partial charge is 0.314 e. The number of rotatable bonds is 4. The number of carbonyl (C=O) groups excluding carboxylic acids is 1. The van der Waals surface area contributed by atoms with Gasteiger partial charge in [-0.1, -0.05) is 0 Å². The number of carbonyl (C=O) groups is 2. The van der Waals surface area contributed by atoms with E-state index in [0.29, 0.717) is 19.6 Å². The summed E-state index contributed by atoms with van der Waals surface area (Å²) in [4.78, 5) is 22.2. The Kier molecular flexibility index (Phi) is 3.07. The van der Waals surface area contributed by atoms with Crippen LogP contribution in [0.25, 0.3) is 0 Å². The molecule has 1 rings (SSSR count). The van der Waals surface area contributed by atoms with Crippen LogP contribution in [0.3, 0.4) is 0 Å². The largest absolute Gasteiger partial charge is 0.481 e. The lowest BCUT2D eigenvalue weighted by molar-refractivity contribution is -0.136. The summed E-state index contributed by atoms with van der Waals surface area (Å²) < 4.78 is 0. The van der Waals surface area contributed by atoms with E-state index in [2.05, 4.69) is 5.32 Å². The molecule has 0 atom stereocenters. The van der Waals surface area contributed by atoms with Gasteiger partial charge in [0.15, 0.2) is 0 Å². The van der Waals surface area contributed by atoms with Crippen molar-refractivity contribution in [3.05, 3.63) is 0 Å². The van der Waals surface area contributed by atoms with Crippen molar-refractivity contribution in [1.82, 2.24) is 10.2 Å². The highest BCUT2D eigenvalue weighted by atomic mass is 16.4. The van der Waals surface area contributed by atoms with Gasteiger partial charge in [-0.05, 0) is 0 Å². The zero-order chi connectivity index (χ0) is 9.84. The molecule has 1 aliphatic heterocycles. The van der Waals surface area contributed by atoms with Gasteiger partial charge in [-0.3, -0.25) is 4.79 Å². The average molecular weight is 187 g/mol. The Labute approximate surface area is 75.7 Å². The molecule has 0 aromatic rings. The van der Waals surface area contributed by atoms with Crippen LogP contribution >= 0.6 is 0 Å². The number of nitrogens with two attached hydrogens (primary N) is 1. The topological polar surface area (TPSA) is 95.7 Å². The number of carboxylic acid groups (broad SMARTS) is 1. The van der Waals surface area contributed by atoms with Gasteiger partial charge in [-0.15, -0.1) is 0 Å². The first-order chi connectivity index (χ1) is 6.09. The van der Waals surface area contributed by atoms with E-state index in [1.807, 2.05) is 0 Å². The molecule has 0 saturated carbocycles. The van der Waals surface area contributed by atoms with Gasteiger partial charge in [-0.25, -0.2) is 4.79 Å². The predicted octanol–water partition coefficient (Wildman–Crippen LogP) is -1.19. The van der Waals surface area contributed by atoms with Crippen LogP contribution in [0.5, 0.6) is 0 Å². The van der Waals surface area contributed by atoms with Gasteiger partial charge in [0.2, 0.25) is 0 Å². The molecule has 0 spiro atoms. The summed E-state index contributed by atoms with van der Waals surface area (Å²) in [5.74, 6) is -0.821. The van der Waals surface area contributed by atoms with Crippen LogP contribution in [0.1, 0.15) is 6.42 Å². The van der Waals surface area contributed by atoms with Crippen molar-refractivity contribution in [2.75, 3.05) is 19.6 Å². The summed E-state index contributed by atoms with van der Waals surface area (Å²) in [6, 6.07) is -0.219. The number of carboxylic acids is 1. The molecule has 4 N–H and O–H groups in total. The van der Waals surface area contributed by atoms with E-state index in [4.69, 9.17) is 10.8 Å². The monoisotopic (exact) mass is 187 g/mol. The second-order valence-electron chi connectivity index (χ2n) is 3.04. The Hall–Kier alpha value is -1.30. The van der Waals surface area contributed by atoms with Crippen molar-refractivity contribution in [1.29, 1.82) is 0 Å². The van der Waals surface area contributed by atoms with Gasteiger partial charge in [0.05, 0.1) is 6.42 Å². The normalized spacial score (nSPS) is 16.8. The molecule has 0 bridgehead atoms. The summed E-state index contributed by atoms with van der Waals surface area (Å²) in [5.41, 5.74) is 5.00. The predicted molar refractivity (Wildman–Crippen MR) is 45.2 cm³/mol. The number of aliphatic carboxylic acids is 1. The lowest BCUT2D eigenvalue weighted by Gasteiger charge is -2.38. The van der Waals surface area contributed by atoms with Crippen LogP contribution in [0.15, 0.2) is 0 Å². The van der Waals surface area contributed by atoms with Gasteiger partial charge >= 0.3 is 12.0 Å². The molecule has 0 aromatic heterocycles. The number of hydrogen-bond donors (Lipinski definition) is 3. The van der Waals surface area contributed by atoms with Gasteiger partial charge in [-0.2, -0.15) is 0 Å². The Morgan fingerprint density at radius 3 is 2.62 bits per heavy atom. The standard InChI is InChI=1S/C7H13N3O3/c8-7(13)10-3-5(4-10)9-2-1-6(11)12/h5,9H,1-4H2,(H2,8,13)(H,11,12). The molecule has 0 unspecified atom stereocenters. The van der Waals surface area contributed by atoms with Crippen LogP contribution < -0.4 is 11.1 Å². The number of primary amides is 1. The molecule has 1 aliphatic rings. The lowest BCUT2D eigenvalue weighted by atomic mass is 10.1. The molecule has 1 saturated heterocycles. The highest BCUT2D eigenvalue weighted by Crippen LogP contribution is 2.06. The summed E-state index contributed by atoms with van der Waals surface area (Å²) in [7, 11) is 0. The molecule has 6 heteroatoms. The number of amides is 2. The molecule has 1 heterocycles. The minimum absolute atomic E-state index is 0.104. The minimum Gasteiger partial charge on any atom is -0.481 e. The fourth-order valence-corrected chi connectivity index (χ4v) is 1.17. The highest BCUT2D eigenvalue weighted by Gasteiger charge is 2.28. The molecule has 6 nitrogen and oxygen atoms in total. The number of hydrogen-bond acceptors (Lipinski definition) is 3. The molecule has 0 aromatic carbocycles. The fraction of sp³-hybridized carbons (Fsp3) is 0.714. The number of likely N-dealkylation sites (tertiary alicyclic amines) is 1. The van der Waals surface area contributed by atoms with E-state index in [9.17, 15) is 9.59 Å². The summed E-state index contributed by atoms with van der Waals surface area (Å²) in [6.07, 6.45) is 0.104. The Bertz CT molecular complexity index is 213. The maximum Gasteiger partial charge on any atom is 0.314 e. The van der Waals surface area contributed by atoms with Crippen molar-refractivity contribution < 1.29 is 14.7 Å². The first kappa shape index (κ1) is 9.79. The van der Waals surface area contributed by atoms with E-state index >= 15 is 0 Å². The van der Waals surface area contributed by atoms with Gasteiger partial charge in [0.1, 0.15) is 0 Å². The minimum atomic E-state index is -0.821. The van der Waals surface area contributed by atoms with Crippen LogP contribution in [0.2, 0.25) is 0 Å². The van der Waals surface area contributed by atoms with Gasteiger partial charge in [0, 0.05) is 25.7 Å². The van der Waals surface area contributed by atoms with E-state index in [0.717, 1.165) is 0 Å². The molecular formula is C7H13N3O3. The molecular weight excluding hydrogens is 174 g/mol. The lowest BCUT2D eigenvalue weighted by Crippen LogP contribution is -2.61. The second kappa shape index (κ2) is 4.08. The zero-order valence-electron chi connectivity index (χ0n) is 7.19. The van der Waals surface area contributed by atoms with E-state index < -0.39 is 12.0 Å². The van der Waals surface area contributed by atoms with Crippen LogP contribution in [0.4, 0.5) is 4.79 Å². The van der Waals surface area contributed by atoms with E-state index in [-0.39, 0.29) is 12.5 Å². The quantitative estimate of drug-likeness (QED) is 0.516. The Balaban J connectivity index is 2.02. The maximum atomic E-state index is 10.5. The van der Waals surface area contributed by atoms with Gasteiger partial charge < -0.3 is 21.1 Å². The van der Waals surface area contributed by atoms with Crippen molar-refractivity contribution in [3.8, 4) is 0 Å². The summed E-state index contributed by atoms with van der Waals surface area (Å²) in [6.45, 7) is 1.59.